The molecule has 4 aromatic rings. The first-order chi connectivity index (χ1) is 16.5. The van der Waals surface area contributed by atoms with E-state index in [1.165, 1.54) is 17.3 Å². The number of ether oxygens (including phenoxy) is 1. The van der Waals surface area contributed by atoms with Crippen molar-refractivity contribution in [2.24, 2.45) is 5.10 Å². The van der Waals surface area contributed by atoms with Crippen LogP contribution in [-0.4, -0.2) is 39.7 Å². The lowest BCUT2D eigenvalue weighted by atomic mass is 10.1. The lowest BCUT2D eigenvalue weighted by Crippen LogP contribution is -2.20. The summed E-state index contributed by atoms with van der Waals surface area (Å²) in [4.78, 5) is 12.4. The fourth-order valence-electron chi connectivity index (χ4n) is 3.21. The van der Waals surface area contributed by atoms with Gasteiger partial charge in [0.05, 0.1) is 19.1 Å². The number of carbonyl (C=O) groups excluding carboxylic acids is 1. The number of nitrogens with one attached hydrogen (secondary N) is 1. The van der Waals surface area contributed by atoms with E-state index in [0.29, 0.717) is 5.16 Å². The smallest absolute Gasteiger partial charge is 0.250 e. The Morgan fingerprint density at radius 1 is 0.971 bits per heavy atom. The zero-order valence-electron chi connectivity index (χ0n) is 19.2. The van der Waals surface area contributed by atoms with Crippen molar-refractivity contribution in [1.29, 1.82) is 0 Å². The van der Waals surface area contributed by atoms with E-state index < -0.39 is 0 Å². The predicted octanol–water partition coefficient (Wildman–Crippen LogP) is 4.80. The van der Waals surface area contributed by atoms with Crippen LogP contribution >= 0.6 is 11.8 Å². The molecule has 7 nitrogen and oxygen atoms in total. The van der Waals surface area contributed by atoms with Crippen LogP contribution in [-0.2, 0) is 4.79 Å². The summed E-state index contributed by atoms with van der Waals surface area (Å²) >= 11 is 1.31. The highest BCUT2D eigenvalue weighted by Gasteiger charge is 2.17. The SMILES string of the molecule is COc1ccc(/C=N\NC(=O)CSc2nnc(-c3ccc(C)cc3)n2-c2ccc(C)cc2)cc1. The molecule has 0 aliphatic heterocycles. The van der Waals surface area contributed by atoms with E-state index in [1.54, 1.807) is 13.3 Å². The zero-order chi connectivity index (χ0) is 23.9. The second-order valence-corrected chi connectivity index (χ2v) is 8.64. The number of hydrogen-bond acceptors (Lipinski definition) is 6. The Kier molecular flexibility index (Phi) is 7.39. The molecular formula is C26H25N5O2S. The molecule has 0 spiro atoms. The van der Waals surface area contributed by atoms with Gasteiger partial charge in [0.15, 0.2) is 11.0 Å². The minimum atomic E-state index is -0.231. The third kappa shape index (κ3) is 5.71. The van der Waals surface area contributed by atoms with Crippen molar-refractivity contribution in [3.8, 4) is 22.8 Å². The van der Waals surface area contributed by atoms with Gasteiger partial charge in [0.1, 0.15) is 5.75 Å². The van der Waals surface area contributed by atoms with Crippen molar-refractivity contribution in [3.63, 3.8) is 0 Å². The highest BCUT2D eigenvalue weighted by Crippen LogP contribution is 2.28. The Morgan fingerprint density at radius 2 is 1.62 bits per heavy atom. The van der Waals surface area contributed by atoms with Crippen LogP contribution in [0.25, 0.3) is 17.1 Å². The van der Waals surface area contributed by atoms with E-state index >= 15 is 0 Å². The molecule has 0 bridgehead atoms. The quantitative estimate of drug-likeness (QED) is 0.227. The molecule has 0 aliphatic rings. The number of rotatable bonds is 8. The second kappa shape index (κ2) is 10.8. The molecule has 0 saturated heterocycles. The van der Waals surface area contributed by atoms with Gasteiger partial charge >= 0.3 is 0 Å². The zero-order valence-corrected chi connectivity index (χ0v) is 20.0. The molecule has 8 heteroatoms. The van der Waals surface area contributed by atoms with E-state index in [-0.39, 0.29) is 11.7 Å². The van der Waals surface area contributed by atoms with Gasteiger partial charge in [0, 0.05) is 11.3 Å². The van der Waals surface area contributed by atoms with Crippen molar-refractivity contribution in [2.45, 2.75) is 19.0 Å². The predicted molar refractivity (Wildman–Crippen MR) is 136 cm³/mol. The lowest BCUT2D eigenvalue weighted by molar-refractivity contribution is -0.118. The molecule has 3 aromatic carbocycles. The van der Waals surface area contributed by atoms with Crippen LogP contribution in [0, 0.1) is 13.8 Å². The number of methoxy groups -OCH3 is 1. The molecule has 4 rings (SSSR count). The average Bonchev–Trinajstić information content (AvgIpc) is 3.28. The van der Waals surface area contributed by atoms with Crippen LogP contribution in [0.3, 0.4) is 0 Å². The largest absolute Gasteiger partial charge is 0.497 e. The maximum atomic E-state index is 12.4. The molecule has 0 aliphatic carbocycles. The maximum absolute atomic E-state index is 12.4. The first kappa shape index (κ1) is 23.3. The first-order valence-electron chi connectivity index (χ1n) is 10.7. The van der Waals surface area contributed by atoms with Crippen molar-refractivity contribution in [2.75, 3.05) is 12.9 Å². The Balaban J connectivity index is 1.48. The number of nitrogens with zero attached hydrogens (tertiary/aromatic N) is 4. The van der Waals surface area contributed by atoms with Gasteiger partial charge < -0.3 is 4.74 Å². The molecule has 172 valence electrons. The van der Waals surface area contributed by atoms with Gasteiger partial charge in [-0.15, -0.1) is 10.2 Å². The summed E-state index contributed by atoms with van der Waals surface area (Å²) in [6, 6.07) is 23.7. The molecule has 1 amide bonds. The molecule has 0 radical (unpaired) electrons. The average molecular weight is 472 g/mol. The second-order valence-electron chi connectivity index (χ2n) is 7.70. The van der Waals surface area contributed by atoms with Crippen molar-refractivity contribution in [1.82, 2.24) is 20.2 Å². The van der Waals surface area contributed by atoms with Crippen LogP contribution in [0.5, 0.6) is 5.75 Å². The summed E-state index contributed by atoms with van der Waals surface area (Å²) in [5.74, 6) is 1.41. The number of aromatic nitrogens is 3. The summed E-state index contributed by atoms with van der Waals surface area (Å²) < 4.78 is 7.11. The summed E-state index contributed by atoms with van der Waals surface area (Å²) in [5.41, 5.74) is 7.65. The van der Waals surface area contributed by atoms with Gasteiger partial charge in [-0.3, -0.25) is 9.36 Å². The monoisotopic (exact) mass is 471 g/mol. The molecule has 1 N–H and O–H groups in total. The van der Waals surface area contributed by atoms with Crippen LogP contribution in [0.2, 0.25) is 0 Å². The van der Waals surface area contributed by atoms with E-state index in [4.69, 9.17) is 4.74 Å². The standard InChI is InChI=1S/C26H25N5O2S/c1-18-4-10-21(11-5-18)25-29-30-26(31(25)22-12-6-19(2)7-13-22)34-17-24(32)28-27-16-20-8-14-23(33-3)15-9-20/h4-16H,17H2,1-3H3,(H,28,32)/b27-16-. The Morgan fingerprint density at radius 3 is 2.26 bits per heavy atom. The van der Waals surface area contributed by atoms with Gasteiger partial charge in [-0.2, -0.15) is 5.10 Å². The van der Waals surface area contributed by atoms with Gasteiger partial charge in [0.2, 0.25) is 0 Å². The Labute approximate surface area is 202 Å². The van der Waals surface area contributed by atoms with Crippen molar-refractivity contribution in [3.05, 3.63) is 89.5 Å². The molecule has 0 fully saturated rings. The number of benzene rings is 3. The molecule has 1 heterocycles. The number of aryl methyl sites for hydroxylation is 2. The van der Waals surface area contributed by atoms with E-state index in [9.17, 15) is 4.79 Å². The number of amides is 1. The third-order valence-electron chi connectivity index (χ3n) is 5.09. The molecular weight excluding hydrogens is 446 g/mol. The van der Waals surface area contributed by atoms with Gasteiger partial charge in [-0.1, -0.05) is 59.3 Å². The number of carbonyl (C=O) groups is 1. The van der Waals surface area contributed by atoms with Gasteiger partial charge in [0.25, 0.3) is 5.91 Å². The van der Waals surface area contributed by atoms with E-state index in [0.717, 1.165) is 34.0 Å². The molecule has 0 unspecified atom stereocenters. The molecule has 0 atom stereocenters. The maximum Gasteiger partial charge on any atom is 0.250 e. The summed E-state index contributed by atoms with van der Waals surface area (Å²) in [6.07, 6.45) is 1.59. The van der Waals surface area contributed by atoms with Crippen LogP contribution in [0.4, 0.5) is 0 Å². The molecule has 1 aromatic heterocycles. The first-order valence-corrected chi connectivity index (χ1v) is 11.7. The van der Waals surface area contributed by atoms with Crippen LogP contribution < -0.4 is 10.2 Å². The minimum Gasteiger partial charge on any atom is -0.497 e. The number of hydrazone groups is 1. The van der Waals surface area contributed by atoms with E-state index in [2.05, 4.69) is 20.7 Å². The normalized spacial score (nSPS) is 11.0. The fourth-order valence-corrected chi connectivity index (χ4v) is 3.96. The van der Waals surface area contributed by atoms with Crippen molar-refractivity contribution >= 4 is 23.9 Å². The van der Waals surface area contributed by atoms with E-state index in [1.807, 2.05) is 91.2 Å². The Bertz CT molecular complexity index is 1280. The molecule has 0 saturated carbocycles. The summed E-state index contributed by atoms with van der Waals surface area (Å²) in [7, 11) is 1.62. The van der Waals surface area contributed by atoms with Gasteiger partial charge in [-0.25, -0.2) is 5.43 Å². The van der Waals surface area contributed by atoms with Crippen molar-refractivity contribution < 1.29 is 9.53 Å². The van der Waals surface area contributed by atoms with Gasteiger partial charge in [-0.05, 0) is 55.8 Å². The highest BCUT2D eigenvalue weighted by molar-refractivity contribution is 7.99. The number of thioether (sulfide) groups is 1. The summed E-state index contributed by atoms with van der Waals surface area (Å²) in [5, 5.41) is 13.5. The third-order valence-corrected chi connectivity index (χ3v) is 6.02. The minimum absolute atomic E-state index is 0.151. The topological polar surface area (TPSA) is 81.4 Å². The summed E-state index contributed by atoms with van der Waals surface area (Å²) in [6.45, 7) is 4.09. The lowest BCUT2D eigenvalue weighted by Gasteiger charge is -2.11. The number of hydrogen-bond donors (Lipinski definition) is 1. The fraction of sp³-hybridized carbons (Fsp3) is 0.154. The Hall–Kier alpha value is -3.91. The highest BCUT2D eigenvalue weighted by atomic mass is 32.2. The van der Waals surface area contributed by atoms with Crippen LogP contribution in [0.1, 0.15) is 16.7 Å². The molecule has 34 heavy (non-hydrogen) atoms. The van der Waals surface area contributed by atoms with Crippen LogP contribution in [0.15, 0.2) is 83.1 Å².